The van der Waals surface area contributed by atoms with Crippen LogP contribution in [0.1, 0.15) is 12.8 Å². The van der Waals surface area contributed by atoms with E-state index in [4.69, 9.17) is 5.73 Å². The van der Waals surface area contributed by atoms with Crippen LogP contribution in [-0.4, -0.2) is 53.2 Å². The maximum Gasteiger partial charge on any atom is 0.273 e. The zero-order valence-electron chi connectivity index (χ0n) is 13.2. The minimum Gasteiger partial charge on any atom is -0.325 e. The Bertz CT molecular complexity index is 797. The highest BCUT2D eigenvalue weighted by Crippen LogP contribution is 2.23. The summed E-state index contributed by atoms with van der Waals surface area (Å²) in [5.41, 5.74) is 4.86. The number of hydrogen-bond donors (Lipinski definition) is 2. The van der Waals surface area contributed by atoms with Gasteiger partial charge in [0.25, 0.3) is 5.92 Å². The number of nitrogens with two attached hydrogens (primary N) is 1. The number of nitrogens with one attached hydrogen (secondary N) is 1. The molecule has 0 bridgehead atoms. The molecule has 3 N–H and O–H groups in total. The Kier molecular flexibility index (Phi) is 7.31. The molecule has 1 aliphatic rings. The van der Waals surface area contributed by atoms with Gasteiger partial charge in [0.15, 0.2) is 0 Å². The summed E-state index contributed by atoms with van der Waals surface area (Å²) < 4.78 is 78.4. The van der Waals surface area contributed by atoms with Crippen molar-refractivity contribution >= 4 is 32.5 Å². The average molecular weight is 420 g/mol. The van der Waals surface area contributed by atoms with Crippen molar-refractivity contribution in [1.82, 2.24) is 9.03 Å². The molecule has 1 fully saturated rings. The fourth-order valence-electron chi connectivity index (χ4n) is 2.24. The second-order valence-electron chi connectivity index (χ2n) is 5.47. The molecule has 1 heterocycles. The first kappa shape index (κ1) is 22.2. The first-order valence-corrected chi connectivity index (χ1v) is 10.2. The van der Waals surface area contributed by atoms with Crippen molar-refractivity contribution in [2.75, 3.05) is 26.2 Å². The van der Waals surface area contributed by atoms with E-state index in [1.807, 2.05) is 0 Å². The largest absolute Gasteiger partial charge is 0.325 e. The van der Waals surface area contributed by atoms with E-state index < -0.39 is 44.0 Å². The third-order valence-corrected chi connectivity index (χ3v) is 6.93. The van der Waals surface area contributed by atoms with Crippen molar-refractivity contribution in [3.8, 4) is 0 Å². The van der Waals surface area contributed by atoms with Gasteiger partial charge in [-0.25, -0.2) is 30.3 Å². The summed E-state index contributed by atoms with van der Waals surface area (Å²) in [5.74, 6) is -3.38. The van der Waals surface area contributed by atoms with Crippen LogP contribution in [0.3, 0.4) is 0 Å². The molecule has 0 amide bonds. The second-order valence-corrected chi connectivity index (χ2v) is 9.18. The molecule has 0 atom stereocenters. The van der Waals surface area contributed by atoms with Crippen molar-refractivity contribution in [1.29, 1.82) is 0 Å². The van der Waals surface area contributed by atoms with E-state index >= 15 is 0 Å². The van der Waals surface area contributed by atoms with Crippen LogP contribution in [0, 0.1) is 0 Å². The topological polar surface area (TPSA) is 110 Å². The summed E-state index contributed by atoms with van der Waals surface area (Å²) in [6, 6.07) is 4.66. The minimum atomic E-state index is -4.28. The van der Waals surface area contributed by atoms with Gasteiger partial charge in [-0.05, 0) is 31.0 Å². The highest BCUT2D eigenvalue weighted by atomic mass is 35.5. The summed E-state index contributed by atoms with van der Waals surface area (Å²) in [4.78, 5) is -0.576. The van der Waals surface area contributed by atoms with Gasteiger partial charge in [0.2, 0.25) is 20.0 Å². The Labute approximate surface area is 152 Å². The van der Waals surface area contributed by atoms with Crippen LogP contribution in [0.25, 0.3) is 0 Å². The third-order valence-electron chi connectivity index (χ3n) is 3.64. The number of alkyl halides is 2. The first-order valence-electron chi connectivity index (χ1n) is 7.26. The maximum absolute atomic E-state index is 13.1. The zero-order valence-corrected chi connectivity index (χ0v) is 15.6. The lowest BCUT2D eigenvalue weighted by molar-refractivity contribution is 0.0170. The van der Waals surface area contributed by atoms with Gasteiger partial charge in [-0.1, -0.05) is 6.07 Å². The molecule has 0 spiro atoms. The van der Waals surface area contributed by atoms with Crippen molar-refractivity contribution in [2.45, 2.75) is 28.6 Å². The molecule has 0 aliphatic carbocycles. The molecule has 0 aromatic heterocycles. The van der Waals surface area contributed by atoms with Gasteiger partial charge in [0.05, 0.1) is 22.9 Å². The lowest BCUT2D eigenvalue weighted by atomic mass is 10.3. The van der Waals surface area contributed by atoms with Crippen LogP contribution in [0.4, 0.5) is 8.78 Å². The maximum atomic E-state index is 13.1. The minimum absolute atomic E-state index is 0. The Morgan fingerprint density at radius 2 is 1.68 bits per heavy atom. The number of hydrogen-bond acceptors (Lipinski definition) is 5. The Balaban J connectivity index is 0.00000312. The fourth-order valence-corrected chi connectivity index (χ4v) is 4.98. The van der Waals surface area contributed by atoms with Crippen molar-refractivity contribution < 1.29 is 25.6 Å². The van der Waals surface area contributed by atoms with E-state index in [9.17, 15) is 25.6 Å². The lowest BCUT2D eigenvalue weighted by Crippen LogP contribution is -2.41. The van der Waals surface area contributed by atoms with Gasteiger partial charge in [0, 0.05) is 13.1 Å². The van der Waals surface area contributed by atoms with Crippen LogP contribution in [0.2, 0.25) is 0 Å². The summed E-state index contributed by atoms with van der Waals surface area (Å²) in [6.07, 6.45) is 1.49. The van der Waals surface area contributed by atoms with E-state index in [1.54, 1.807) is 4.72 Å². The zero-order chi connectivity index (χ0) is 18.0. The van der Waals surface area contributed by atoms with E-state index in [-0.39, 0.29) is 17.3 Å². The molecule has 1 aromatic carbocycles. The number of benzene rings is 1. The number of rotatable bonds is 7. The molecule has 1 saturated heterocycles. The molecule has 1 aromatic rings. The Hall–Kier alpha value is -0.850. The molecule has 1 aliphatic heterocycles. The number of halogens is 3. The Morgan fingerprint density at radius 3 is 2.24 bits per heavy atom. The van der Waals surface area contributed by atoms with Crippen LogP contribution in [-0.2, 0) is 20.0 Å². The van der Waals surface area contributed by atoms with Crippen LogP contribution < -0.4 is 10.5 Å². The van der Waals surface area contributed by atoms with E-state index in [0.717, 1.165) is 25.0 Å². The molecule has 7 nitrogen and oxygen atoms in total. The lowest BCUT2D eigenvalue weighted by Gasteiger charge is -2.17. The molecule has 0 saturated carbocycles. The highest BCUT2D eigenvalue weighted by molar-refractivity contribution is 7.90. The van der Waals surface area contributed by atoms with Gasteiger partial charge in [-0.2, -0.15) is 4.31 Å². The van der Waals surface area contributed by atoms with Gasteiger partial charge < -0.3 is 5.73 Å². The van der Waals surface area contributed by atoms with E-state index in [0.29, 0.717) is 13.1 Å². The van der Waals surface area contributed by atoms with Gasteiger partial charge >= 0.3 is 0 Å². The molecule has 144 valence electrons. The summed E-state index contributed by atoms with van der Waals surface area (Å²) in [5, 5.41) is 0. The van der Waals surface area contributed by atoms with Crippen molar-refractivity contribution in [3.63, 3.8) is 0 Å². The molecule has 12 heteroatoms. The Morgan fingerprint density at radius 1 is 1.12 bits per heavy atom. The predicted octanol–water partition coefficient (Wildman–Crippen LogP) is 0.765. The quantitative estimate of drug-likeness (QED) is 0.678. The van der Waals surface area contributed by atoms with Crippen molar-refractivity contribution in [3.05, 3.63) is 24.3 Å². The summed E-state index contributed by atoms with van der Waals surface area (Å²) >= 11 is 0. The smallest absolute Gasteiger partial charge is 0.273 e. The molecule has 0 unspecified atom stereocenters. The van der Waals surface area contributed by atoms with Crippen LogP contribution in [0.5, 0.6) is 0 Å². The SMILES string of the molecule is Cl.NCC(F)(F)CNS(=O)(=O)c1cccc(S(=O)(=O)N2CCCC2)c1. The van der Waals surface area contributed by atoms with Gasteiger partial charge in [-0.15, -0.1) is 12.4 Å². The summed E-state index contributed by atoms with van der Waals surface area (Å²) in [7, 11) is -8.07. The molecular formula is C13H20ClF2N3O4S2. The monoisotopic (exact) mass is 419 g/mol. The highest BCUT2D eigenvalue weighted by Gasteiger charge is 2.31. The van der Waals surface area contributed by atoms with Gasteiger partial charge in [-0.3, -0.25) is 0 Å². The molecule has 0 radical (unpaired) electrons. The van der Waals surface area contributed by atoms with E-state index in [1.165, 1.54) is 16.4 Å². The van der Waals surface area contributed by atoms with E-state index in [2.05, 4.69) is 0 Å². The standard InChI is InChI=1S/C13H19F2N3O4S2.ClH/c14-13(15,9-16)10-17-23(19,20)11-4-3-5-12(8-11)24(21,22)18-6-1-2-7-18;/h3-5,8,17H,1-2,6-7,9-10,16H2;1H. The summed E-state index contributed by atoms with van der Waals surface area (Å²) in [6.45, 7) is -1.41. The normalized spacial score (nSPS) is 16.6. The fraction of sp³-hybridized carbons (Fsp3) is 0.538. The molecular weight excluding hydrogens is 400 g/mol. The van der Waals surface area contributed by atoms with Crippen molar-refractivity contribution in [2.24, 2.45) is 5.73 Å². The molecule has 25 heavy (non-hydrogen) atoms. The average Bonchev–Trinajstić information content (AvgIpc) is 3.09. The third kappa shape index (κ3) is 5.31. The van der Waals surface area contributed by atoms with Gasteiger partial charge in [0.1, 0.15) is 0 Å². The first-order chi connectivity index (χ1) is 11.1. The van der Waals surface area contributed by atoms with Crippen LogP contribution >= 0.6 is 12.4 Å². The predicted molar refractivity (Wildman–Crippen MR) is 90.9 cm³/mol. The number of sulfonamides is 2. The van der Waals surface area contributed by atoms with Crippen LogP contribution in [0.15, 0.2) is 34.1 Å². The molecule has 2 rings (SSSR count). The number of nitrogens with zero attached hydrogens (tertiary/aromatic N) is 1. The second kappa shape index (κ2) is 8.23.